The summed E-state index contributed by atoms with van der Waals surface area (Å²) in [5, 5.41) is 13.1. The number of urea groups is 1. The highest BCUT2D eigenvalue weighted by molar-refractivity contribution is 7.85. The number of benzene rings is 1. The van der Waals surface area contributed by atoms with E-state index in [-0.39, 0.29) is 17.1 Å². The monoisotopic (exact) mass is 317 g/mol. The molecule has 1 rings (SSSR count). The number of nitrogens with one attached hydrogen (secondary N) is 2. The van der Waals surface area contributed by atoms with Crippen molar-refractivity contribution in [2.45, 2.75) is 17.9 Å². The first kappa shape index (κ1) is 16.9. The topological polar surface area (TPSA) is 159 Å². The van der Waals surface area contributed by atoms with Crippen LogP contribution in [0, 0.1) is 6.92 Å². The first-order valence-corrected chi connectivity index (χ1v) is 7.16. The van der Waals surface area contributed by atoms with Crippen molar-refractivity contribution in [3.8, 4) is 0 Å². The van der Waals surface area contributed by atoms with Gasteiger partial charge in [-0.1, -0.05) is 6.07 Å². The minimum atomic E-state index is -4.40. The normalized spacial score (nSPS) is 12.5. The fourth-order valence-electron chi connectivity index (χ4n) is 1.42. The third kappa shape index (κ3) is 5.02. The van der Waals surface area contributed by atoms with Gasteiger partial charge in [-0.25, -0.2) is 4.79 Å². The van der Waals surface area contributed by atoms with Crippen LogP contribution in [0.3, 0.4) is 0 Å². The Morgan fingerprint density at radius 1 is 1.38 bits per heavy atom. The van der Waals surface area contributed by atoms with Gasteiger partial charge in [-0.3, -0.25) is 9.35 Å². The number of carboxylic acids is 1. The fraction of sp³-hybridized carbons (Fsp3) is 0.273. The number of aryl methyl sites for hydroxylation is 1. The standard InChI is InChI=1S/C11H15N3O6S/c1-6-2-3-7(4-9(6)21(18,19)20)14-11(17)13-5-8(12)10(15)16/h2-4,8H,5,12H2,1H3,(H,15,16)(H2,13,14,17)(H,18,19,20). The van der Waals surface area contributed by atoms with Crippen molar-refractivity contribution in [1.82, 2.24) is 5.32 Å². The van der Waals surface area contributed by atoms with Crippen molar-refractivity contribution < 1.29 is 27.7 Å². The molecular formula is C11H15N3O6S. The molecule has 1 atom stereocenters. The van der Waals surface area contributed by atoms with E-state index in [1.54, 1.807) is 0 Å². The lowest BCUT2D eigenvalue weighted by Gasteiger charge is -2.11. The Morgan fingerprint density at radius 2 is 2.00 bits per heavy atom. The Balaban J connectivity index is 2.76. The number of aliphatic carboxylic acids is 1. The third-order valence-corrected chi connectivity index (χ3v) is 3.52. The number of carboxylic acid groups (broad SMARTS) is 1. The number of carbonyl (C=O) groups excluding carboxylic acids is 1. The van der Waals surface area contributed by atoms with Gasteiger partial charge in [0.15, 0.2) is 0 Å². The average molecular weight is 317 g/mol. The summed E-state index contributed by atoms with van der Waals surface area (Å²) in [6.07, 6.45) is 0. The van der Waals surface area contributed by atoms with Crippen LogP contribution >= 0.6 is 0 Å². The number of hydrogen-bond acceptors (Lipinski definition) is 5. The minimum absolute atomic E-state index is 0.120. The van der Waals surface area contributed by atoms with Gasteiger partial charge >= 0.3 is 12.0 Å². The van der Waals surface area contributed by atoms with Crippen LogP contribution in [-0.4, -0.2) is 42.7 Å². The van der Waals surface area contributed by atoms with Crippen molar-refractivity contribution >= 4 is 27.8 Å². The number of nitrogens with two attached hydrogens (primary N) is 1. The molecular weight excluding hydrogens is 302 g/mol. The smallest absolute Gasteiger partial charge is 0.322 e. The molecule has 2 amide bonds. The molecule has 10 heteroatoms. The zero-order valence-electron chi connectivity index (χ0n) is 11.0. The Morgan fingerprint density at radius 3 is 2.52 bits per heavy atom. The molecule has 0 aliphatic heterocycles. The van der Waals surface area contributed by atoms with Crippen LogP contribution in [0.2, 0.25) is 0 Å². The Kier molecular flexibility index (Phi) is 5.24. The molecule has 0 saturated carbocycles. The van der Waals surface area contributed by atoms with Gasteiger partial charge in [-0.15, -0.1) is 0 Å². The second kappa shape index (κ2) is 6.52. The number of anilines is 1. The van der Waals surface area contributed by atoms with Crippen LogP contribution in [0.25, 0.3) is 0 Å². The first-order chi connectivity index (χ1) is 9.61. The third-order valence-electron chi connectivity index (χ3n) is 2.52. The molecule has 0 saturated heterocycles. The quantitative estimate of drug-likeness (QED) is 0.469. The molecule has 0 bridgehead atoms. The summed E-state index contributed by atoms with van der Waals surface area (Å²) in [7, 11) is -4.40. The van der Waals surface area contributed by atoms with Gasteiger partial charge in [0.05, 0.1) is 4.90 Å². The van der Waals surface area contributed by atoms with Crippen molar-refractivity contribution in [3.05, 3.63) is 23.8 Å². The van der Waals surface area contributed by atoms with E-state index in [4.69, 9.17) is 15.4 Å². The van der Waals surface area contributed by atoms with Crippen LogP contribution in [0.15, 0.2) is 23.1 Å². The van der Waals surface area contributed by atoms with E-state index in [9.17, 15) is 18.0 Å². The molecule has 0 fully saturated rings. The maximum absolute atomic E-state index is 11.5. The Bertz CT molecular complexity index is 658. The molecule has 1 aromatic carbocycles. The zero-order valence-corrected chi connectivity index (χ0v) is 11.8. The van der Waals surface area contributed by atoms with Gasteiger partial charge in [0.25, 0.3) is 10.1 Å². The summed E-state index contributed by atoms with van der Waals surface area (Å²) in [6, 6.07) is 1.92. The highest BCUT2D eigenvalue weighted by Crippen LogP contribution is 2.19. The fourth-order valence-corrected chi connectivity index (χ4v) is 2.17. The molecule has 1 unspecified atom stereocenters. The summed E-state index contributed by atoms with van der Waals surface area (Å²) < 4.78 is 31.3. The van der Waals surface area contributed by atoms with Crippen molar-refractivity contribution in [3.63, 3.8) is 0 Å². The molecule has 21 heavy (non-hydrogen) atoms. The van der Waals surface area contributed by atoms with Gasteiger partial charge in [0.2, 0.25) is 0 Å². The van der Waals surface area contributed by atoms with Crippen molar-refractivity contribution in [1.29, 1.82) is 0 Å². The number of rotatable bonds is 5. The lowest BCUT2D eigenvalue weighted by atomic mass is 10.2. The number of amides is 2. The van der Waals surface area contributed by atoms with E-state index in [1.165, 1.54) is 19.1 Å². The largest absolute Gasteiger partial charge is 0.480 e. The zero-order chi connectivity index (χ0) is 16.2. The van der Waals surface area contributed by atoms with Gasteiger partial charge in [0.1, 0.15) is 6.04 Å². The molecule has 6 N–H and O–H groups in total. The SMILES string of the molecule is Cc1ccc(NC(=O)NCC(N)C(=O)O)cc1S(=O)(=O)O. The summed E-state index contributed by atoms with van der Waals surface area (Å²) in [5.41, 5.74) is 5.64. The van der Waals surface area contributed by atoms with E-state index >= 15 is 0 Å². The highest BCUT2D eigenvalue weighted by Gasteiger charge is 2.15. The molecule has 0 radical (unpaired) electrons. The lowest BCUT2D eigenvalue weighted by Crippen LogP contribution is -2.43. The number of hydrogen-bond donors (Lipinski definition) is 5. The Labute approximate surface area is 120 Å². The van der Waals surface area contributed by atoms with E-state index in [2.05, 4.69) is 10.6 Å². The molecule has 1 aromatic rings. The summed E-state index contributed by atoms with van der Waals surface area (Å²) >= 11 is 0. The molecule has 9 nitrogen and oxygen atoms in total. The van der Waals surface area contributed by atoms with E-state index < -0.39 is 28.2 Å². The van der Waals surface area contributed by atoms with Crippen LogP contribution in [0.5, 0.6) is 0 Å². The predicted molar refractivity (Wildman–Crippen MR) is 73.6 cm³/mol. The summed E-state index contributed by atoms with van der Waals surface area (Å²) in [6.45, 7) is 1.19. The van der Waals surface area contributed by atoms with Crippen LogP contribution in [0.1, 0.15) is 5.56 Å². The molecule has 0 aromatic heterocycles. The van der Waals surface area contributed by atoms with Crippen LogP contribution < -0.4 is 16.4 Å². The van der Waals surface area contributed by atoms with E-state index in [0.717, 1.165) is 6.07 Å². The van der Waals surface area contributed by atoms with Gasteiger partial charge in [-0.2, -0.15) is 8.42 Å². The number of carbonyl (C=O) groups is 2. The summed E-state index contributed by atoms with van der Waals surface area (Å²) in [4.78, 5) is 21.6. The lowest BCUT2D eigenvalue weighted by molar-refractivity contribution is -0.138. The van der Waals surface area contributed by atoms with E-state index in [0.29, 0.717) is 5.56 Å². The Hall–Kier alpha value is -2.17. The molecule has 116 valence electrons. The molecule has 0 aliphatic carbocycles. The van der Waals surface area contributed by atoms with Crippen LogP contribution in [0.4, 0.5) is 10.5 Å². The van der Waals surface area contributed by atoms with Crippen LogP contribution in [-0.2, 0) is 14.9 Å². The maximum atomic E-state index is 11.5. The second-order valence-electron chi connectivity index (χ2n) is 4.24. The first-order valence-electron chi connectivity index (χ1n) is 5.72. The van der Waals surface area contributed by atoms with Gasteiger partial charge in [-0.05, 0) is 24.6 Å². The molecule has 0 aliphatic rings. The molecule has 0 heterocycles. The van der Waals surface area contributed by atoms with Gasteiger partial charge in [0, 0.05) is 12.2 Å². The van der Waals surface area contributed by atoms with Crippen molar-refractivity contribution in [2.24, 2.45) is 5.73 Å². The van der Waals surface area contributed by atoms with E-state index in [1.807, 2.05) is 0 Å². The maximum Gasteiger partial charge on any atom is 0.322 e. The average Bonchev–Trinajstić information content (AvgIpc) is 2.36. The molecule has 0 spiro atoms. The predicted octanol–water partition coefficient (Wildman–Crippen LogP) is -0.225. The minimum Gasteiger partial charge on any atom is -0.480 e. The second-order valence-corrected chi connectivity index (χ2v) is 5.63. The summed E-state index contributed by atoms with van der Waals surface area (Å²) in [5.74, 6) is -1.26. The van der Waals surface area contributed by atoms with Gasteiger partial charge < -0.3 is 21.5 Å². The highest BCUT2D eigenvalue weighted by atomic mass is 32.2. The van der Waals surface area contributed by atoms with Crippen molar-refractivity contribution in [2.75, 3.05) is 11.9 Å².